The van der Waals surface area contributed by atoms with E-state index in [0.29, 0.717) is 6.42 Å². The van der Waals surface area contributed by atoms with Crippen LogP contribution in [0.4, 0.5) is 0 Å². The molecule has 1 aromatic heterocycles. The van der Waals surface area contributed by atoms with Gasteiger partial charge in [-0.3, -0.25) is 9.59 Å². The Morgan fingerprint density at radius 2 is 2.16 bits per heavy atom. The average Bonchev–Trinajstić information content (AvgIpc) is 2.71. The number of thiophene rings is 1. The second-order valence-corrected chi connectivity index (χ2v) is 6.61. The van der Waals surface area contributed by atoms with Crippen LogP contribution < -0.4 is 0 Å². The Morgan fingerprint density at radius 1 is 1.42 bits per heavy atom. The summed E-state index contributed by atoms with van der Waals surface area (Å²) in [6, 6.07) is 2.10. The fourth-order valence-corrected chi connectivity index (χ4v) is 3.50. The summed E-state index contributed by atoms with van der Waals surface area (Å²) < 4.78 is 5.59. The van der Waals surface area contributed by atoms with Crippen LogP contribution in [0.15, 0.2) is 11.4 Å². The molecule has 1 atom stereocenters. The highest BCUT2D eigenvalue weighted by atomic mass is 32.1. The fraction of sp³-hybridized carbons (Fsp3) is 0.600. The molecule has 1 unspecified atom stereocenters. The predicted octanol–water partition coefficient (Wildman–Crippen LogP) is 3.29. The summed E-state index contributed by atoms with van der Waals surface area (Å²) in [7, 11) is 0. The minimum absolute atomic E-state index is 0.00727. The van der Waals surface area contributed by atoms with Crippen molar-refractivity contribution in [1.29, 1.82) is 0 Å². The van der Waals surface area contributed by atoms with Crippen LogP contribution in [0.1, 0.15) is 43.6 Å². The van der Waals surface area contributed by atoms with Gasteiger partial charge in [-0.05, 0) is 42.7 Å². The average molecular weight is 280 g/mol. The van der Waals surface area contributed by atoms with Crippen molar-refractivity contribution in [2.75, 3.05) is 0 Å². The van der Waals surface area contributed by atoms with Crippen molar-refractivity contribution in [3.8, 4) is 0 Å². The molecule has 4 heteroatoms. The van der Waals surface area contributed by atoms with E-state index in [1.807, 2.05) is 13.8 Å². The third kappa shape index (κ3) is 3.06. The van der Waals surface area contributed by atoms with Gasteiger partial charge in [-0.1, -0.05) is 13.8 Å². The zero-order valence-corrected chi connectivity index (χ0v) is 12.5. The Kier molecular flexibility index (Phi) is 4.09. The van der Waals surface area contributed by atoms with Crippen molar-refractivity contribution in [2.45, 2.75) is 52.1 Å². The normalized spacial score (nSPS) is 23.8. The quantitative estimate of drug-likeness (QED) is 0.628. The number of cyclic esters (lactones) is 1. The lowest BCUT2D eigenvalue weighted by Gasteiger charge is -2.39. The topological polar surface area (TPSA) is 43.4 Å². The maximum Gasteiger partial charge on any atom is 0.313 e. The van der Waals surface area contributed by atoms with Gasteiger partial charge in [0.25, 0.3) is 0 Å². The van der Waals surface area contributed by atoms with Crippen molar-refractivity contribution in [1.82, 2.24) is 0 Å². The van der Waals surface area contributed by atoms with Crippen molar-refractivity contribution >= 4 is 23.1 Å². The number of aryl methyl sites for hydroxylation is 2. The Balaban J connectivity index is 2.14. The summed E-state index contributed by atoms with van der Waals surface area (Å²) in [6.45, 7) is 6.13. The van der Waals surface area contributed by atoms with Crippen LogP contribution >= 0.6 is 11.3 Å². The van der Waals surface area contributed by atoms with Crippen LogP contribution in [0.3, 0.4) is 0 Å². The molecule has 2 rings (SSSR count). The minimum atomic E-state index is -0.608. The van der Waals surface area contributed by atoms with E-state index in [2.05, 4.69) is 18.4 Å². The van der Waals surface area contributed by atoms with Gasteiger partial charge in [0.1, 0.15) is 17.8 Å². The first kappa shape index (κ1) is 14.3. The van der Waals surface area contributed by atoms with Gasteiger partial charge in [0.05, 0.1) is 0 Å². The molecule has 104 valence electrons. The maximum absolute atomic E-state index is 11.7. The lowest BCUT2D eigenvalue weighted by atomic mass is 9.79. The SMILES string of the molecule is Cc1ccsc1CCC1(C(C)C)CC(=O)CC(=O)O1. The number of Topliss-reactive ketones (excluding diaryl/α,β-unsaturated/α-hetero) is 1. The molecule has 0 amide bonds. The van der Waals surface area contributed by atoms with Gasteiger partial charge in [-0.2, -0.15) is 0 Å². The first-order valence-corrected chi connectivity index (χ1v) is 7.57. The van der Waals surface area contributed by atoms with Gasteiger partial charge < -0.3 is 4.74 Å². The summed E-state index contributed by atoms with van der Waals surface area (Å²) in [5.74, 6) is -0.207. The Bertz CT molecular complexity index is 471. The van der Waals surface area contributed by atoms with Gasteiger partial charge in [0, 0.05) is 11.3 Å². The molecule has 19 heavy (non-hydrogen) atoms. The zero-order chi connectivity index (χ0) is 14.0. The van der Waals surface area contributed by atoms with Gasteiger partial charge in [-0.25, -0.2) is 0 Å². The Hall–Kier alpha value is -1.16. The molecule has 1 saturated heterocycles. The third-order valence-corrected chi connectivity index (χ3v) is 5.03. The van der Waals surface area contributed by atoms with E-state index in [4.69, 9.17) is 4.74 Å². The Labute approximate surface area is 118 Å². The fourth-order valence-electron chi connectivity index (χ4n) is 2.59. The summed E-state index contributed by atoms with van der Waals surface area (Å²) in [4.78, 5) is 24.6. The molecular weight excluding hydrogens is 260 g/mol. The van der Waals surface area contributed by atoms with Crippen LogP contribution in [0.5, 0.6) is 0 Å². The van der Waals surface area contributed by atoms with Crippen LogP contribution in [0.25, 0.3) is 0 Å². The molecule has 1 aliphatic rings. The number of carbonyl (C=O) groups is 2. The number of ketones is 1. The number of esters is 1. The van der Waals surface area contributed by atoms with Gasteiger partial charge in [0.2, 0.25) is 0 Å². The van der Waals surface area contributed by atoms with Crippen LogP contribution in [0.2, 0.25) is 0 Å². The predicted molar refractivity (Wildman–Crippen MR) is 75.3 cm³/mol. The molecule has 0 saturated carbocycles. The molecular formula is C15H20O3S. The molecule has 0 N–H and O–H groups in total. The van der Waals surface area contributed by atoms with E-state index in [1.165, 1.54) is 10.4 Å². The van der Waals surface area contributed by atoms with E-state index in [-0.39, 0.29) is 24.1 Å². The molecule has 2 heterocycles. The van der Waals surface area contributed by atoms with E-state index in [9.17, 15) is 9.59 Å². The second-order valence-electron chi connectivity index (χ2n) is 5.61. The van der Waals surface area contributed by atoms with E-state index in [0.717, 1.165) is 12.8 Å². The lowest BCUT2D eigenvalue weighted by Crippen LogP contribution is -2.47. The monoisotopic (exact) mass is 280 g/mol. The number of hydrogen-bond acceptors (Lipinski definition) is 4. The number of hydrogen-bond donors (Lipinski definition) is 0. The van der Waals surface area contributed by atoms with Gasteiger partial charge >= 0.3 is 5.97 Å². The molecule has 1 aliphatic heterocycles. The van der Waals surface area contributed by atoms with Crippen LogP contribution in [-0.2, 0) is 20.7 Å². The summed E-state index contributed by atoms with van der Waals surface area (Å²) in [6.07, 6.45) is 1.89. The largest absolute Gasteiger partial charge is 0.458 e. The molecule has 1 aromatic rings. The molecule has 3 nitrogen and oxygen atoms in total. The van der Waals surface area contributed by atoms with Crippen LogP contribution in [0, 0.1) is 12.8 Å². The third-order valence-electron chi connectivity index (χ3n) is 3.95. The van der Waals surface area contributed by atoms with Gasteiger partial charge in [-0.15, -0.1) is 11.3 Å². The molecule has 0 aromatic carbocycles. The first-order chi connectivity index (χ1) is 8.93. The first-order valence-electron chi connectivity index (χ1n) is 6.69. The summed E-state index contributed by atoms with van der Waals surface area (Å²) in [5, 5.41) is 2.07. The van der Waals surface area contributed by atoms with E-state index >= 15 is 0 Å². The molecule has 0 spiro atoms. The highest BCUT2D eigenvalue weighted by molar-refractivity contribution is 7.10. The lowest BCUT2D eigenvalue weighted by molar-refractivity contribution is -0.177. The van der Waals surface area contributed by atoms with Crippen molar-refractivity contribution in [2.24, 2.45) is 5.92 Å². The number of carbonyl (C=O) groups excluding carboxylic acids is 2. The standard InChI is InChI=1S/C15H20O3S/c1-10(2)15(9-12(16)8-14(17)18-15)6-4-13-11(3)5-7-19-13/h5,7,10H,4,6,8-9H2,1-3H3. The summed E-state index contributed by atoms with van der Waals surface area (Å²) >= 11 is 1.72. The van der Waals surface area contributed by atoms with Crippen molar-refractivity contribution < 1.29 is 14.3 Å². The second kappa shape index (κ2) is 5.45. The van der Waals surface area contributed by atoms with Crippen LogP contribution in [-0.4, -0.2) is 17.4 Å². The molecule has 0 bridgehead atoms. The summed E-state index contributed by atoms with van der Waals surface area (Å²) in [5.41, 5.74) is 0.667. The molecule has 1 fully saturated rings. The maximum atomic E-state index is 11.7. The van der Waals surface area contributed by atoms with E-state index in [1.54, 1.807) is 11.3 Å². The minimum Gasteiger partial charge on any atom is -0.458 e. The highest BCUT2D eigenvalue weighted by Gasteiger charge is 2.43. The van der Waals surface area contributed by atoms with Crippen molar-refractivity contribution in [3.63, 3.8) is 0 Å². The smallest absolute Gasteiger partial charge is 0.313 e. The Morgan fingerprint density at radius 3 is 2.68 bits per heavy atom. The number of rotatable bonds is 4. The molecule has 0 aliphatic carbocycles. The zero-order valence-electron chi connectivity index (χ0n) is 11.7. The highest BCUT2D eigenvalue weighted by Crippen LogP contribution is 2.36. The van der Waals surface area contributed by atoms with E-state index < -0.39 is 5.60 Å². The molecule has 0 radical (unpaired) electrons. The van der Waals surface area contributed by atoms with Gasteiger partial charge in [0.15, 0.2) is 0 Å². The van der Waals surface area contributed by atoms with Crippen molar-refractivity contribution in [3.05, 3.63) is 21.9 Å². The number of ether oxygens (including phenoxy) is 1.